The van der Waals surface area contributed by atoms with E-state index in [-0.39, 0.29) is 43.7 Å². The van der Waals surface area contributed by atoms with Crippen molar-refractivity contribution in [2.45, 2.75) is 51.7 Å². The number of aromatic hydroxyl groups is 1. The standard InChI is InChI=1S/C23H37N5O6/c1-14(2)11-19(23(34)25-9-10-29)28(4)20(31)13-26-21(32)15(3)27-22(33)18(24)12-16-5-7-17(30)8-6-16/h5-8,14-15,18-19,29-30H,9-13,24H2,1-4H3,(H,25,34)(H,26,32)(H,27,33)/t15-,18+,19+/m1/s1. The zero-order chi connectivity index (χ0) is 25.8. The topological polar surface area (TPSA) is 174 Å². The van der Waals surface area contributed by atoms with Crippen molar-refractivity contribution in [3.8, 4) is 5.75 Å². The first kappa shape index (κ1) is 28.9. The van der Waals surface area contributed by atoms with Gasteiger partial charge in [-0.05, 0) is 43.4 Å². The smallest absolute Gasteiger partial charge is 0.242 e. The predicted molar refractivity (Wildman–Crippen MR) is 127 cm³/mol. The van der Waals surface area contributed by atoms with E-state index in [0.717, 1.165) is 5.56 Å². The van der Waals surface area contributed by atoms with Crippen LogP contribution in [0.2, 0.25) is 0 Å². The molecule has 0 aliphatic carbocycles. The second kappa shape index (κ2) is 14.2. The maximum atomic E-state index is 12.6. The lowest BCUT2D eigenvalue weighted by atomic mass is 10.0. The fourth-order valence-electron chi connectivity index (χ4n) is 3.16. The third kappa shape index (κ3) is 9.75. The summed E-state index contributed by atoms with van der Waals surface area (Å²) < 4.78 is 0. The Morgan fingerprint density at radius 1 is 1.00 bits per heavy atom. The number of nitrogens with two attached hydrogens (primary N) is 1. The van der Waals surface area contributed by atoms with E-state index in [1.807, 2.05) is 13.8 Å². The molecule has 11 nitrogen and oxygen atoms in total. The Labute approximate surface area is 200 Å². The van der Waals surface area contributed by atoms with E-state index < -0.39 is 35.8 Å². The molecule has 0 saturated carbocycles. The molecule has 0 saturated heterocycles. The average Bonchev–Trinajstić information content (AvgIpc) is 2.79. The second-order valence-electron chi connectivity index (χ2n) is 8.59. The highest BCUT2D eigenvalue weighted by Gasteiger charge is 2.28. The molecule has 190 valence electrons. The number of hydrogen-bond acceptors (Lipinski definition) is 7. The molecule has 0 aliphatic rings. The zero-order valence-electron chi connectivity index (χ0n) is 20.2. The number of phenolic OH excluding ortho intramolecular Hbond substituents is 1. The minimum atomic E-state index is -0.934. The van der Waals surface area contributed by atoms with Crippen molar-refractivity contribution in [1.29, 1.82) is 0 Å². The molecule has 4 amide bonds. The van der Waals surface area contributed by atoms with Gasteiger partial charge in [0.1, 0.15) is 17.8 Å². The number of likely N-dealkylation sites (N-methyl/N-ethyl adjacent to an activating group) is 1. The monoisotopic (exact) mass is 479 g/mol. The summed E-state index contributed by atoms with van der Waals surface area (Å²) in [5, 5.41) is 25.8. The fourth-order valence-corrected chi connectivity index (χ4v) is 3.16. The number of carbonyl (C=O) groups excluding carboxylic acids is 4. The van der Waals surface area contributed by atoms with Crippen molar-refractivity contribution in [2.24, 2.45) is 11.7 Å². The molecule has 0 spiro atoms. The predicted octanol–water partition coefficient (Wildman–Crippen LogP) is -1.14. The van der Waals surface area contributed by atoms with Gasteiger partial charge >= 0.3 is 0 Å². The van der Waals surface area contributed by atoms with Crippen molar-refractivity contribution >= 4 is 23.6 Å². The molecule has 34 heavy (non-hydrogen) atoms. The molecule has 3 atom stereocenters. The van der Waals surface area contributed by atoms with Crippen LogP contribution >= 0.6 is 0 Å². The van der Waals surface area contributed by atoms with E-state index in [0.29, 0.717) is 6.42 Å². The van der Waals surface area contributed by atoms with Crippen LogP contribution in [0.4, 0.5) is 0 Å². The number of nitrogens with one attached hydrogen (secondary N) is 3. The molecule has 0 aliphatic heterocycles. The highest BCUT2D eigenvalue weighted by atomic mass is 16.3. The first-order valence-electron chi connectivity index (χ1n) is 11.2. The Balaban J connectivity index is 2.58. The van der Waals surface area contributed by atoms with Crippen molar-refractivity contribution < 1.29 is 29.4 Å². The maximum absolute atomic E-state index is 12.6. The van der Waals surface area contributed by atoms with Gasteiger partial charge in [0.2, 0.25) is 23.6 Å². The molecule has 0 radical (unpaired) electrons. The van der Waals surface area contributed by atoms with Crippen molar-refractivity contribution in [2.75, 3.05) is 26.7 Å². The van der Waals surface area contributed by atoms with Gasteiger partial charge in [0.25, 0.3) is 0 Å². The van der Waals surface area contributed by atoms with Crippen LogP contribution in [0.1, 0.15) is 32.8 Å². The van der Waals surface area contributed by atoms with Crippen LogP contribution in [0, 0.1) is 5.92 Å². The Bertz CT molecular complexity index is 830. The van der Waals surface area contributed by atoms with Crippen LogP contribution in [0.25, 0.3) is 0 Å². The van der Waals surface area contributed by atoms with Gasteiger partial charge in [0, 0.05) is 13.6 Å². The molecule has 0 aromatic heterocycles. The SMILES string of the molecule is CC(C)C[C@@H](C(=O)NCCO)N(C)C(=O)CNC(=O)[C@@H](C)NC(=O)[C@@H](N)Cc1ccc(O)cc1. The van der Waals surface area contributed by atoms with E-state index in [2.05, 4.69) is 16.0 Å². The van der Waals surface area contributed by atoms with Crippen LogP contribution in [0.3, 0.4) is 0 Å². The fraction of sp³-hybridized carbons (Fsp3) is 0.565. The van der Waals surface area contributed by atoms with Gasteiger partial charge in [-0.15, -0.1) is 0 Å². The van der Waals surface area contributed by atoms with Gasteiger partial charge < -0.3 is 36.8 Å². The quantitative estimate of drug-likeness (QED) is 0.207. The Morgan fingerprint density at radius 2 is 1.62 bits per heavy atom. The lowest BCUT2D eigenvalue weighted by Crippen LogP contribution is -2.54. The molecular formula is C23H37N5O6. The molecule has 1 aromatic rings. The number of carbonyl (C=O) groups is 4. The Morgan fingerprint density at radius 3 is 2.18 bits per heavy atom. The molecule has 1 rings (SSSR count). The third-order valence-electron chi connectivity index (χ3n) is 5.16. The van der Waals surface area contributed by atoms with E-state index in [1.54, 1.807) is 12.1 Å². The largest absolute Gasteiger partial charge is 0.508 e. The zero-order valence-corrected chi connectivity index (χ0v) is 20.2. The minimum absolute atomic E-state index is 0.0816. The van der Waals surface area contributed by atoms with Gasteiger partial charge in [0.15, 0.2) is 0 Å². The van der Waals surface area contributed by atoms with Gasteiger partial charge in [-0.25, -0.2) is 0 Å². The van der Waals surface area contributed by atoms with Crippen LogP contribution in [-0.4, -0.2) is 83.6 Å². The molecule has 0 unspecified atom stereocenters. The summed E-state index contributed by atoms with van der Waals surface area (Å²) in [5.41, 5.74) is 6.67. The summed E-state index contributed by atoms with van der Waals surface area (Å²) in [5.74, 6) is -1.72. The van der Waals surface area contributed by atoms with Gasteiger partial charge in [-0.3, -0.25) is 19.2 Å². The number of rotatable bonds is 13. The highest BCUT2D eigenvalue weighted by Crippen LogP contribution is 2.12. The first-order valence-corrected chi connectivity index (χ1v) is 11.2. The molecule has 0 fully saturated rings. The third-order valence-corrected chi connectivity index (χ3v) is 5.16. The minimum Gasteiger partial charge on any atom is -0.508 e. The molecule has 11 heteroatoms. The first-order chi connectivity index (χ1) is 16.0. The van der Waals surface area contributed by atoms with Crippen LogP contribution < -0.4 is 21.7 Å². The van der Waals surface area contributed by atoms with Crippen LogP contribution in [0.5, 0.6) is 5.75 Å². The van der Waals surface area contributed by atoms with Crippen molar-refractivity contribution in [1.82, 2.24) is 20.9 Å². The summed E-state index contributed by atoms with van der Waals surface area (Å²) in [6.45, 7) is 4.83. The van der Waals surface area contributed by atoms with E-state index in [4.69, 9.17) is 10.8 Å². The van der Waals surface area contributed by atoms with Crippen LogP contribution in [-0.2, 0) is 25.6 Å². The van der Waals surface area contributed by atoms with E-state index >= 15 is 0 Å². The molecule has 0 bridgehead atoms. The Hall–Kier alpha value is -3.18. The second-order valence-corrected chi connectivity index (χ2v) is 8.59. The summed E-state index contributed by atoms with van der Waals surface area (Å²) in [7, 11) is 1.48. The van der Waals surface area contributed by atoms with Crippen molar-refractivity contribution in [3.05, 3.63) is 29.8 Å². The number of hydrogen-bond donors (Lipinski definition) is 6. The average molecular weight is 480 g/mol. The van der Waals surface area contributed by atoms with Gasteiger partial charge in [-0.2, -0.15) is 0 Å². The van der Waals surface area contributed by atoms with Gasteiger partial charge in [-0.1, -0.05) is 26.0 Å². The lowest BCUT2D eigenvalue weighted by Gasteiger charge is -2.29. The maximum Gasteiger partial charge on any atom is 0.242 e. The highest BCUT2D eigenvalue weighted by molar-refractivity contribution is 5.93. The molecule has 7 N–H and O–H groups in total. The van der Waals surface area contributed by atoms with Crippen LogP contribution in [0.15, 0.2) is 24.3 Å². The lowest BCUT2D eigenvalue weighted by molar-refractivity contribution is -0.140. The Kier molecular flexibility index (Phi) is 12.0. The number of phenols is 1. The molecule has 0 heterocycles. The summed E-state index contributed by atoms with van der Waals surface area (Å²) in [4.78, 5) is 50.9. The number of aliphatic hydroxyl groups excluding tert-OH is 1. The molecular weight excluding hydrogens is 442 g/mol. The number of benzene rings is 1. The summed E-state index contributed by atoms with van der Waals surface area (Å²) >= 11 is 0. The number of aliphatic hydroxyl groups is 1. The molecule has 1 aromatic carbocycles. The number of nitrogens with zero attached hydrogens (tertiary/aromatic N) is 1. The normalized spacial score (nSPS) is 13.5. The van der Waals surface area contributed by atoms with E-state index in [9.17, 15) is 24.3 Å². The van der Waals surface area contributed by atoms with Crippen molar-refractivity contribution in [3.63, 3.8) is 0 Å². The van der Waals surface area contributed by atoms with E-state index in [1.165, 1.54) is 31.0 Å². The van der Waals surface area contributed by atoms with Gasteiger partial charge in [0.05, 0.1) is 19.2 Å². The number of amides is 4. The summed E-state index contributed by atoms with van der Waals surface area (Å²) in [6, 6.07) is 3.70. The summed E-state index contributed by atoms with van der Waals surface area (Å²) in [6.07, 6.45) is 0.637.